The number of benzene rings is 1. The molecule has 1 amide bonds. The largest absolute Gasteiger partial charge is 0.496 e. The van der Waals surface area contributed by atoms with E-state index in [1.165, 1.54) is 24.6 Å². The Kier molecular flexibility index (Phi) is 4.88. The fraction of sp³-hybridized carbons (Fsp3) is 0.375. The summed E-state index contributed by atoms with van der Waals surface area (Å²) < 4.78 is 6.29. The number of rotatable bonds is 3. The Balaban J connectivity index is 1.83. The number of nitrogens with zero attached hydrogens (tertiary/aromatic N) is 1. The van der Waals surface area contributed by atoms with Crippen LogP contribution < -0.4 is 10.1 Å². The van der Waals surface area contributed by atoms with Crippen molar-refractivity contribution in [1.29, 1.82) is 0 Å². The van der Waals surface area contributed by atoms with Crippen LogP contribution in [0.1, 0.15) is 31.2 Å². The average molecular weight is 381 g/mol. The molecule has 3 rings (SSSR count). The van der Waals surface area contributed by atoms with Gasteiger partial charge in [-0.15, -0.1) is 0 Å². The molecule has 1 aliphatic heterocycles. The third-order valence-corrected chi connectivity index (χ3v) is 5.17. The highest BCUT2D eigenvalue weighted by molar-refractivity contribution is 9.10. The Morgan fingerprint density at radius 3 is 2.91 bits per heavy atom. The van der Waals surface area contributed by atoms with Gasteiger partial charge in [-0.1, -0.05) is 28.8 Å². The minimum atomic E-state index is -0.0937. The molecule has 0 bridgehead atoms. The number of hydrogen-bond acceptors (Lipinski definition) is 4. The third-order valence-electron chi connectivity index (χ3n) is 3.75. The number of ether oxygens (including phenoxy) is 1. The topological polar surface area (TPSA) is 50.7 Å². The molecule has 1 aliphatic carbocycles. The van der Waals surface area contributed by atoms with E-state index in [9.17, 15) is 4.79 Å². The lowest BCUT2D eigenvalue weighted by Crippen LogP contribution is -2.21. The average Bonchev–Trinajstić information content (AvgIpc) is 3.10. The molecule has 1 saturated heterocycles. The van der Waals surface area contributed by atoms with Crippen molar-refractivity contribution in [3.05, 3.63) is 33.1 Å². The second kappa shape index (κ2) is 6.87. The van der Waals surface area contributed by atoms with Crippen molar-refractivity contribution in [3.63, 3.8) is 0 Å². The molecule has 4 nitrogen and oxygen atoms in total. The van der Waals surface area contributed by atoms with Gasteiger partial charge in [0.2, 0.25) is 0 Å². The summed E-state index contributed by atoms with van der Waals surface area (Å²) >= 11 is 4.85. The number of hydrogen-bond donors (Lipinski definition) is 1. The molecule has 0 aromatic heterocycles. The molecule has 1 aromatic carbocycles. The van der Waals surface area contributed by atoms with Crippen LogP contribution in [0.3, 0.4) is 0 Å². The molecule has 1 saturated carbocycles. The second-order valence-electron chi connectivity index (χ2n) is 5.32. The molecule has 0 spiro atoms. The summed E-state index contributed by atoms with van der Waals surface area (Å²) in [6.45, 7) is 0. The summed E-state index contributed by atoms with van der Waals surface area (Å²) in [5, 5.41) is 3.58. The molecule has 116 valence electrons. The lowest BCUT2D eigenvalue weighted by molar-refractivity contribution is -0.115. The molecule has 0 unspecified atom stereocenters. The Morgan fingerprint density at radius 1 is 1.41 bits per heavy atom. The predicted molar refractivity (Wildman–Crippen MR) is 94.1 cm³/mol. The number of amidine groups is 1. The maximum atomic E-state index is 12.1. The number of nitrogens with one attached hydrogen (secondary N) is 1. The highest BCUT2D eigenvalue weighted by Gasteiger charge is 2.26. The van der Waals surface area contributed by atoms with E-state index in [2.05, 4.69) is 26.2 Å². The SMILES string of the molecule is COc1ccc(Br)cc1C=C1SC(=NC2CCCC2)NC1=O. The maximum absolute atomic E-state index is 12.1. The van der Waals surface area contributed by atoms with E-state index in [4.69, 9.17) is 4.74 Å². The van der Waals surface area contributed by atoms with Crippen molar-refractivity contribution in [1.82, 2.24) is 5.32 Å². The van der Waals surface area contributed by atoms with E-state index in [1.807, 2.05) is 24.3 Å². The highest BCUT2D eigenvalue weighted by atomic mass is 79.9. The molecule has 6 heteroatoms. The molecular weight excluding hydrogens is 364 g/mol. The van der Waals surface area contributed by atoms with Gasteiger partial charge in [0, 0.05) is 10.0 Å². The Morgan fingerprint density at radius 2 is 2.18 bits per heavy atom. The Hall–Kier alpha value is -1.27. The van der Waals surface area contributed by atoms with Crippen LogP contribution in [-0.2, 0) is 4.79 Å². The molecule has 1 heterocycles. The normalized spacial score (nSPS) is 22.5. The monoisotopic (exact) mass is 380 g/mol. The Labute approximate surface area is 142 Å². The van der Waals surface area contributed by atoms with E-state index in [0.717, 1.165) is 33.8 Å². The van der Waals surface area contributed by atoms with E-state index in [0.29, 0.717) is 10.9 Å². The van der Waals surface area contributed by atoms with Gasteiger partial charge >= 0.3 is 0 Å². The van der Waals surface area contributed by atoms with Crippen LogP contribution in [0.4, 0.5) is 0 Å². The van der Waals surface area contributed by atoms with Crippen molar-refractivity contribution in [2.45, 2.75) is 31.7 Å². The van der Waals surface area contributed by atoms with Gasteiger partial charge in [0.1, 0.15) is 5.75 Å². The van der Waals surface area contributed by atoms with Crippen LogP contribution in [0, 0.1) is 0 Å². The first kappa shape index (κ1) is 15.6. The molecule has 1 aromatic rings. The zero-order valence-corrected chi connectivity index (χ0v) is 14.7. The van der Waals surface area contributed by atoms with Gasteiger partial charge in [0.05, 0.1) is 18.1 Å². The summed E-state index contributed by atoms with van der Waals surface area (Å²) in [7, 11) is 1.63. The summed E-state index contributed by atoms with van der Waals surface area (Å²) in [4.78, 5) is 17.4. The van der Waals surface area contributed by atoms with Gasteiger partial charge < -0.3 is 10.1 Å². The number of thioether (sulfide) groups is 1. The number of halogens is 1. The summed E-state index contributed by atoms with van der Waals surface area (Å²) in [5.74, 6) is 0.647. The number of methoxy groups -OCH3 is 1. The number of carbonyl (C=O) groups excluding carboxylic acids is 1. The van der Waals surface area contributed by atoms with Gasteiger partial charge in [-0.05, 0) is 48.9 Å². The molecular formula is C16H17BrN2O2S. The van der Waals surface area contributed by atoms with Crippen molar-refractivity contribution in [2.24, 2.45) is 4.99 Å². The minimum Gasteiger partial charge on any atom is -0.496 e. The predicted octanol–water partition coefficient (Wildman–Crippen LogP) is 3.96. The second-order valence-corrected chi connectivity index (χ2v) is 7.27. The van der Waals surface area contributed by atoms with E-state index in [1.54, 1.807) is 7.11 Å². The molecule has 2 fully saturated rings. The van der Waals surface area contributed by atoms with Crippen LogP contribution in [0.2, 0.25) is 0 Å². The maximum Gasteiger partial charge on any atom is 0.264 e. The van der Waals surface area contributed by atoms with Crippen LogP contribution in [0.5, 0.6) is 5.75 Å². The zero-order chi connectivity index (χ0) is 15.5. The number of carbonyl (C=O) groups is 1. The van der Waals surface area contributed by atoms with Crippen LogP contribution in [0.25, 0.3) is 6.08 Å². The molecule has 22 heavy (non-hydrogen) atoms. The van der Waals surface area contributed by atoms with Gasteiger partial charge in [-0.25, -0.2) is 0 Å². The van der Waals surface area contributed by atoms with Crippen molar-refractivity contribution in [2.75, 3.05) is 7.11 Å². The standard InChI is InChI=1S/C16H17BrN2O2S/c1-21-13-7-6-11(17)8-10(13)9-14-15(20)19-16(22-14)18-12-4-2-3-5-12/h6-9,12H,2-5H2,1H3,(H,18,19,20). The van der Waals surface area contributed by atoms with Crippen LogP contribution >= 0.6 is 27.7 Å². The lowest BCUT2D eigenvalue weighted by atomic mass is 10.2. The first-order valence-electron chi connectivity index (χ1n) is 7.28. The molecule has 0 atom stereocenters. The van der Waals surface area contributed by atoms with Crippen molar-refractivity contribution < 1.29 is 9.53 Å². The number of aliphatic imine (C=N–C) groups is 1. The van der Waals surface area contributed by atoms with Gasteiger partial charge in [-0.3, -0.25) is 9.79 Å². The quantitative estimate of drug-likeness (QED) is 0.807. The summed E-state index contributed by atoms with van der Waals surface area (Å²) in [5.41, 5.74) is 0.872. The fourth-order valence-electron chi connectivity index (χ4n) is 2.65. The van der Waals surface area contributed by atoms with Crippen molar-refractivity contribution >= 4 is 44.8 Å². The van der Waals surface area contributed by atoms with Crippen molar-refractivity contribution in [3.8, 4) is 5.75 Å². The molecule has 0 radical (unpaired) electrons. The van der Waals surface area contributed by atoms with E-state index >= 15 is 0 Å². The van der Waals surface area contributed by atoms with E-state index in [-0.39, 0.29) is 5.91 Å². The van der Waals surface area contributed by atoms with Gasteiger partial charge in [0.25, 0.3) is 5.91 Å². The van der Waals surface area contributed by atoms with E-state index < -0.39 is 0 Å². The number of amides is 1. The van der Waals surface area contributed by atoms with Crippen LogP contribution in [-0.4, -0.2) is 24.2 Å². The van der Waals surface area contributed by atoms with Gasteiger partial charge in [0.15, 0.2) is 5.17 Å². The fourth-order valence-corrected chi connectivity index (χ4v) is 3.91. The molecule has 1 N–H and O–H groups in total. The highest BCUT2D eigenvalue weighted by Crippen LogP contribution is 2.32. The minimum absolute atomic E-state index is 0.0937. The summed E-state index contributed by atoms with van der Waals surface area (Å²) in [6, 6.07) is 6.09. The zero-order valence-electron chi connectivity index (χ0n) is 12.3. The smallest absolute Gasteiger partial charge is 0.264 e. The van der Waals surface area contributed by atoms with Gasteiger partial charge in [-0.2, -0.15) is 0 Å². The molecule has 2 aliphatic rings. The first-order chi connectivity index (χ1) is 10.7. The lowest BCUT2D eigenvalue weighted by Gasteiger charge is -2.05. The summed E-state index contributed by atoms with van der Waals surface area (Å²) in [6.07, 6.45) is 6.56. The van der Waals surface area contributed by atoms with Crippen LogP contribution in [0.15, 0.2) is 32.6 Å². The Bertz CT molecular complexity index is 652. The first-order valence-corrected chi connectivity index (χ1v) is 8.89. The third kappa shape index (κ3) is 3.55.